The smallest absolute Gasteiger partial charge is 0.229 e. The van der Waals surface area contributed by atoms with Crippen LogP contribution in [-0.4, -0.2) is 57.7 Å². The van der Waals surface area contributed by atoms with E-state index in [1.807, 2.05) is 12.1 Å². The second-order valence-electron chi connectivity index (χ2n) is 6.84. The maximum atomic E-state index is 10.2. The summed E-state index contributed by atoms with van der Waals surface area (Å²) in [5.74, 6) is 0.176. The first kappa shape index (κ1) is 20.9. The standard InChI is InChI=1S/C20H25N3O6/c21-12-5-2-10(3-6-12)1-4-11-7-13(22)8-14(23)19(11)29-20-18(27)17(26)16(25)15(9-24)28-20/h1-8,15-18,20,24-27H,9,21-23H2/b4-1+/t15-,16-,17+,18-,20?/m1/s1. The van der Waals surface area contributed by atoms with Crippen molar-refractivity contribution < 1.29 is 29.9 Å². The predicted molar refractivity (Wildman–Crippen MR) is 109 cm³/mol. The average Bonchev–Trinajstić information content (AvgIpc) is 2.69. The zero-order chi connectivity index (χ0) is 21.1. The fourth-order valence-corrected chi connectivity index (χ4v) is 3.03. The Balaban J connectivity index is 1.89. The second-order valence-corrected chi connectivity index (χ2v) is 6.84. The predicted octanol–water partition coefficient (Wildman–Crippen LogP) is -0.218. The minimum Gasteiger partial charge on any atom is -0.459 e. The van der Waals surface area contributed by atoms with Crippen molar-refractivity contribution in [2.24, 2.45) is 0 Å². The van der Waals surface area contributed by atoms with Gasteiger partial charge in [0.25, 0.3) is 0 Å². The maximum absolute atomic E-state index is 10.2. The summed E-state index contributed by atoms with van der Waals surface area (Å²) >= 11 is 0. The molecule has 9 nitrogen and oxygen atoms in total. The van der Waals surface area contributed by atoms with Crippen LogP contribution in [0.1, 0.15) is 11.1 Å². The van der Waals surface area contributed by atoms with Gasteiger partial charge in [0, 0.05) is 16.9 Å². The van der Waals surface area contributed by atoms with E-state index in [9.17, 15) is 20.4 Å². The molecule has 0 spiro atoms. The van der Waals surface area contributed by atoms with E-state index in [4.69, 9.17) is 26.7 Å². The molecule has 1 fully saturated rings. The summed E-state index contributed by atoms with van der Waals surface area (Å²) in [6.45, 7) is -0.564. The minimum absolute atomic E-state index is 0.176. The zero-order valence-electron chi connectivity index (χ0n) is 15.6. The number of anilines is 3. The largest absolute Gasteiger partial charge is 0.459 e. The molecule has 0 bridgehead atoms. The lowest BCUT2D eigenvalue weighted by molar-refractivity contribution is -0.277. The van der Waals surface area contributed by atoms with Gasteiger partial charge in [-0.1, -0.05) is 24.3 Å². The summed E-state index contributed by atoms with van der Waals surface area (Å²) in [6, 6.07) is 10.3. The van der Waals surface area contributed by atoms with E-state index in [0.717, 1.165) is 5.56 Å². The van der Waals surface area contributed by atoms with Crippen molar-refractivity contribution in [2.45, 2.75) is 30.7 Å². The molecule has 9 heteroatoms. The first-order valence-corrected chi connectivity index (χ1v) is 9.00. The molecule has 0 radical (unpaired) electrons. The Morgan fingerprint density at radius 3 is 2.24 bits per heavy atom. The van der Waals surface area contributed by atoms with Gasteiger partial charge in [0.2, 0.25) is 6.29 Å². The van der Waals surface area contributed by atoms with Crippen molar-refractivity contribution in [2.75, 3.05) is 23.8 Å². The maximum Gasteiger partial charge on any atom is 0.229 e. The molecule has 10 N–H and O–H groups in total. The van der Waals surface area contributed by atoms with Crippen LogP contribution >= 0.6 is 0 Å². The van der Waals surface area contributed by atoms with Gasteiger partial charge in [-0.15, -0.1) is 0 Å². The van der Waals surface area contributed by atoms with Gasteiger partial charge < -0.3 is 47.1 Å². The zero-order valence-corrected chi connectivity index (χ0v) is 15.6. The summed E-state index contributed by atoms with van der Waals surface area (Å²) in [6.07, 6.45) is -3.54. The van der Waals surface area contributed by atoms with Gasteiger partial charge in [-0.25, -0.2) is 0 Å². The number of benzene rings is 2. The number of hydrogen-bond donors (Lipinski definition) is 7. The fraction of sp³-hybridized carbons (Fsp3) is 0.300. The molecule has 5 atom stereocenters. The van der Waals surface area contributed by atoms with Gasteiger partial charge in [-0.2, -0.15) is 0 Å². The summed E-state index contributed by atoms with van der Waals surface area (Å²) in [7, 11) is 0. The van der Waals surface area contributed by atoms with Crippen molar-refractivity contribution in [1.29, 1.82) is 0 Å². The normalized spacial score (nSPS) is 27.2. The molecule has 29 heavy (non-hydrogen) atoms. The highest BCUT2D eigenvalue weighted by Gasteiger charge is 2.45. The molecule has 1 unspecified atom stereocenters. The second kappa shape index (κ2) is 8.68. The Kier molecular flexibility index (Phi) is 6.26. The van der Waals surface area contributed by atoms with E-state index in [0.29, 0.717) is 16.9 Å². The van der Waals surface area contributed by atoms with Crippen LogP contribution in [0.15, 0.2) is 36.4 Å². The minimum atomic E-state index is -1.56. The molecule has 1 saturated heterocycles. The van der Waals surface area contributed by atoms with Crippen LogP contribution in [0.3, 0.4) is 0 Å². The Labute approximate surface area is 167 Å². The molecule has 0 saturated carbocycles. The van der Waals surface area contributed by atoms with Gasteiger partial charge in [0.15, 0.2) is 5.75 Å². The number of nitrogens with two attached hydrogens (primary N) is 3. The lowest BCUT2D eigenvalue weighted by atomic mass is 9.99. The summed E-state index contributed by atoms with van der Waals surface area (Å²) in [5.41, 5.74) is 20.2. The molecular formula is C20H25N3O6. The molecular weight excluding hydrogens is 378 g/mol. The van der Waals surface area contributed by atoms with Crippen LogP contribution in [0.2, 0.25) is 0 Å². The molecule has 1 aliphatic rings. The number of hydrogen-bond acceptors (Lipinski definition) is 9. The van der Waals surface area contributed by atoms with Crippen molar-refractivity contribution in [1.82, 2.24) is 0 Å². The Morgan fingerprint density at radius 1 is 0.897 bits per heavy atom. The lowest BCUT2D eigenvalue weighted by Crippen LogP contribution is -2.60. The quantitative estimate of drug-likeness (QED) is 0.263. The van der Waals surface area contributed by atoms with Gasteiger partial charge >= 0.3 is 0 Å². The van der Waals surface area contributed by atoms with Crippen molar-refractivity contribution in [3.63, 3.8) is 0 Å². The van der Waals surface area contributed by atoms with E-state index >= 15 is 0 Å². The topological polar surface area (TPSA) is 177 Å². The lowest BCUT2D eigenvalue weighted by Gasteiger charge is -2.39. The van der Waals surface area contributed by atoms with E-state index < -0.39 is 37.3 Å². The Hall–Kier alpha value is -2.82. The first-order chi connectivity index (χ1) is 13.8. The average molecular weight is 403 g/mol. The molecule has 1 heterocycles. The van der Waals surface area contributed by atoms with Gasteiger partial charge in [0.05, 0.1) is 12.3 Å². The molecule has 1 aliphatic heterocycles. The summed E-state index contributed by atoms with van der Waals surface area (Å²) < 4.78 is 11.1. The van der Waals surface area contributed by atoms with Gasteiger partial charge in [0.1, 0.15) is 24.4 Å². The fourth-order valence-electron chi connectivity index (χ4n) is 3.03. The molecule has 2 aromatic rings. The molecule has 3 rings (SSSR count). The Morgan fingerprint density at radius 2 is 1.59 bits per heavy atom. The van der Waals surface area contributed by atoms with Crippen molar-refractivity contribution >= 4 is 29.2 Å². The Bertz CT molecular complexity index is 871. The number of aliphatic hydroxyl groups excluding tert-OH is 4. The van der Waals surface area contributed by atoms with E-state index in [1.165, 1.54) is 6.07 Å². The van der Waals surface area contributed by atoms with Gasteiger partial charge in [-0.3, -0.25) is 0 Å². The van der Waals surface area contributed by atoms with Crippen LogP contribution in [0.5, 0.6) is 5.75 Å². The monoisotopic (exact) mass is 403 g/mol. The first-order valence-electron chi connectivity index (χ1n) is 9.00. The number of ether oxygens (including phenoxy) is 2. The highest BCUT2D eigenvalue weighted by atomic mass is 16.7. The molecule has 0 aromatic heterocycles. The number of nitrogen functional groups attached to an aromatic ring is 3. The number of rotatable bonds is 5. The van der Waals surface area contributed by atoms with Crippen LogP contribution in [-0.2, 0) is 4.74 Å². The van der Waals surface area contributed by atoms with Crippen molar-refractivity contribution in [3.8, 4) is 5.75 Å². The van der Waals surface area contributed by atoms with Crippen LogP contribution in [0.25, 0.3) is 12.2 Å². The molecule has 2 aromatic carbocycles. The summed E-state index contributed by atoms with van der Waals surface area (Å²) in [4.78, 5) is 0. The number of aliphatic hydroxyl groups is 4. The van der Waals surface area contributed by atoms with E-state index in [1.54, 1.807) is 30.4 Å². The molecule has 0 amide bonds. The highest BCUT2D eigenvalue weighted by molar-refractivity contribution is 5.79. The SMILES string of the molecule is Nc1ccc(/C=C/c2cc(N)cc(N)c2OC2O[C@H](CO)[C@@H](O)[C@H](O)[C@H]2O)cc1. The molecule has 156 valence electrons. The van der Waals surface area contributed by atoms with Crippen LogP contribution in [0.4, 0.5) is 17.1 Å². The third kappa shape index (κ3) is 4.61. The third-order valence-electron chi connectivity index (χ3n) is 4.64. The van der Waals surface area contributed by atoms with Crippen molar-refractivity contribution in [3.05, 3.63) is 47.5 Å². The highest BCUT2D eigenvalue weighted by Crippen LogP contribution is 2.34. The van der Waals surface area contributed by atoms with Crippen LogP contribution in [0, 0.1) is 0 Å². The van der Waals surface area contributed by atoms with E-state index in [-0.39, 0.29) is 11.4 Å². The molecule has 0 aliphatic carbocycles. The van der Waals surface area contributed by atoms with Gasteiger partial charge in [-0.05, 0) is 29.8 Å². The summed E-state index contributed by atoms with van der Waals surface area (Å²) in [5, 5.41) is 39.4. The third-order valence-corrected chi connectivity index (χ3v) is 4.64. The van der Waals surface area contributed by atoms with Crippen LogP contribution < -0.4 is 21.9 Å². The van der Waals surface area contributed by atoms with E-state index in [2.05, 4.69) is 0 Å².